The lowest BCUT2D eigenvalue weighted by molar-refractivity contribution is 0.133. The Hall–Kier alpha value is -0.630. The molecule has 5 aromatic rings. The van der Waals surface area contributed by atoms with E-state index in [1.807, 2.05) is 34.0 Å². The third-order valence-corrected chi connectivity index (χ3v) is 9.56. The number of benzene rings is 1. The number of thiophene rings is 4. The summed E-state index contributed by atoms with van der Waals surface area (Å²) in [5.74, 6) is 0. The summed E-state index contributed by atoms with van der Waals surface area (Å²) in [5, 5.41) is 2.82. The maximum atomic E-state index is 5.61. The summed E-state index contributed by atoms with van der Waals surface area (Å²) in [7, 11) is 0. The lowest BCUT2D eigenvalue weighted by atomic mass is 10.2. The second kappa shape index (κ2) is 7.08. The van der Waals surface area contributed by atoms with Crippen LogP contribution in [0.2, 0.25) is 0 Å². The first-order chi connectivity index (χ1) is 12.7. The highest BCUT2D eigenvalue weighted by molar-refractivity contribution is 7.83. The molecule has 1 nitrogen and oxygen atoms in total. The number of fused-ring (bicyclic) bond motifs is 6. The zero-order valence-corrected chi connectivity index (χ0v) is 18.5. The Morgan fingerprint density at radius 1 is 0.808 bits per heavy atom. The van der Waals surface area contributed by atoms with Gasteiger partial charge >= 0.3 is 0 Å². The normalized spacial score (nSPS) is 12.4. The van der Waals surface area contributed by atoms with Crippen LogP contribution in [0.25, 0.3) is 39.0 Å². The Morgan fingerprint density at radius 2 is 1.50 bits per heavy atom. The molecule has 4 heterocycles. The van der Waals surface area contributed by atoms with Crippen LogP contribution in [0.5, 0.6) is 0 Å². The summed E-state index contributed by atoms with van der Waals surface area (Å²) in [6, 6.07) is 9.39. The van der Waals surface area contributed by atoms with E-state index in [2.05, 4.69) is 43.8 Å². The molecule has 0 fully saturated rings. The smallest absolute Gasteiger partial charge is 0.0589 e. The number of ether oxygens (including phenoxy) is 1. The van der Waals surface area contributed by atoms with E-state index in [1.165, 1.54) is 43.8 Å². The Bertz CT molecular complexity index is 1220. The maximum absolute atomic E-state index is 5.61. The van der Waals surface area contributed by atoms with Crippen LogP contribution in [0, 0.1) is 0 Å². The molecule has 5 rings (SSSR count). The minimum atomic E-state index is 0.875. The van der Waals surface area contributed by atoms with Gasteiger partial charge in [0.2, 0.25) is 0 Å². The van der Waals surface area contributed by atoms with Crippen molar-refractivity contribution in [3.05, 3.63) is 29.1 Å². The van der Waals surface area contributed by atoms with E-state index in [-0.39, 0.29) is 0 Å². The molecule has 0 unspecified atom stereocenters. The Kier molecular flexibility index (Phi) is 4.75. The van der Waals surface area contributed by atoms with Crippen LogP contribution >= 0.6 is 58.0 Å². The maximum Gasteiger partial charge on any atom is 0.0589 e. The van der Waals surface area contributed by atoms with Crippen molar-refractivity contribution in [1.29, 1.82) is 0 Å². The molecule has 0 atom stereocenters. The van der Waals surface area contributed by atoms with Crippen LogP contribution in [0.3, 0.4) is 0 Å². The van der Waals surface area contributed by atoms with Gasteiger partial charge in [-0.25, -0.2) is 0 Å². The molecule has 134 valence electrons. The van der Waals surface area contributed by atoms with Crippen LogP contribution in [-0.2, 0) is 11.2 Å². The standard InChI is InChI=1S/C20H18OS5/c1-2-5-21-6-3-4-11-7-16-19(23-11)12-8-15-13(9-14(12)24-16)20-17(25-15)10-18(22)26-20/h7-10,22H,2-6H2,1H3. The molecule has 0 saturated heterocycles. The highest BCUT2D eigenvalue weighted by atomic mass is 32.2. The summed E-state index contributed by atoms with van der Waals surface area (Å²) in [4.78, 5) is 1.49. The second-order valence-corrected chi connectivity index (χ2v) is 11.6. The van der Waals surface area contributed by atoms with Gasteiger partial charge < -0.3 is 4.74 Å². The zero-order valence-electron chi connectivity index (χ0n) is 14.3. The Balaban J connectivity index is 1.50. The minimum Gasteiger partial charge on any atom is -0.381 e. The zero-order chi connectivity index (χ0) is 17.7. The third kappa shape index (κ3) is 3.01. The summed E-state index contributed by atoms with van der Waals surface area (Å²) < 4.78 is 15.2. The first-order valence-corrected chi connectivity index (χ1v) is 12.5. The van der Waals surface area contributed by atoms with Gasteiger partial charge in [-0.15, -0.1) is 58.0 Å². The minimum absolute atomic E-state index is 0.875. The summed E-state index contributed by atoms with van der Waals surface area (Å²) in [5.41, 5.74) is 0. The van der Waals surface area contributed by atoms with Gasteiger partial charge in [0.25, 0.3) is 0 Å². The first-order valence-electron chi connectivity index (χ1n) is 8.80. The second-order valence-electron chi connectivity index (χ2n) is 6.45. The average Bonchev–Trinajstić information content (AvgIpc) is 3.32. The molecule has 0 bridgehead atoms. The topological polar surface area (TPSA) is 9.23 Å². The molecule has 0 aliphatic rings. The lowest BCUT2D eigenvalue weighted by Gasteiger charge is -2.00. The molecule has 4 aromatic heterocycles. The van der Waals surface area contributed by atoms with Gasteiger partial charge in [-0.3, -0.25) is 0 Å². The number of thiol groups is 1. The third-order valence-electron chi connectivity index (χ3n) is 4.51. The van der Waals surface area contributed by atoms with Crippen molar-refractivity contribution in [2.75, 3.05) is 13.2 Å². The number of hydrogen-bond donors (Lipinski definition) is 1. The highest BCUT2D eigenvalue weighted by Gasteiger charge is 2.14. The fourth-order valence-corrected chi connectivity index (χ4v) is 8.72. The monoisotopic (exact) mass is 434 g/mol. The Morgan fingerprint density at radius 3 is 2.23 bits per heavy atom. The lowest BCUT2D eigenvalue weighted by Crippen LogP contribution is -1.96. The fraction of sp³-hybridized carbons (Fsp3) is 0.300. The average molecular weight is 435 g/mol. The predicted molar refractivity (Wildman–Crippen MR) is 125 cm³/mol. The molecule has 0 aliphatic heterocycles. The predicted octanol–water partition coefficient (Wildman–Crippen LogP) is 8.19. The number of rotatable bonds is 6. The van der Waals surface area contributed by atoms with Crippen molar-refractivity contribution in [3.63, 3.8) is 0 Å². The van der Waals surface area contributed by atoms with Crippen molar-refractivity contribution in [1.82, 2.24) is 0 Å². The summed E-state index contributed by atoms with van der Waals surface area (Å²) in [6.07, 6.45) is 3.34. The Labute approximate surface area is 173 Å². The molecule has 0 aliphatic carbocycles. The summed E-state index contributed by atoms with van der Waals surface area (Å²) in [6.45, 7) is 3.91. The number of hydrogen-bond acceptors (Lipinski definition) is 6. The first kappa shape index (κ1) is 17.5. The SMILES string of the molecule is CCCOCCCc1cc2sc3cc4c(cc3c2s1)sc1cc(S)sc14. The molecule has 0 radical (unpaired) electrons. The molecule has 0 amide bonds. The van der Waals surface area contributed by atoms with Crippen LogP contribution in [0.4, 0.5) is 0 Å². The van der Waals surface area contributed by atoms with Gasteiger partial charge in [-0.05, 0) is 43.5 Å². The van der Waals surface area contributed by atoms with E-state index in [4.69, 9.17) is 4.74 Å². The molecule has 0 N–H and O–H groups in total. The van der Waals surface area contributed by atoms with E-state index in [0.717, 1.165) is 36.7 Å². The van der Waals surface area contributed by atoms with Crippen molar-refractivity contribution in [2.24, 2.45) is 0 Å². The van der Waals surface area contributed by atoms with Gasteiger partial charge in [0.05, 0.1) is 13.6 Å². The van der Waals surface area contributed by atoms with Crippen LogP contribution in [0.15, 0.2) is 28.5 Å². The van der Waals surface area contributed by atoms with Crippen LogP contribution in [0.1, 0.15) is 24.6 Å². The van der Waals surface area contributed by atoms with Gasteiger partial charge in [0, 0.05) is 47.7 Å². The molecule has 26 heavy (non-hydrogen) atoms. The van der Waals surface area contributed by atoms with Crippen molar-refractivity contribution >= 4 is 96.9 Å². The van der Waals surface area contributed by atoms with E-state index in [0.29, 0.717) is 0 Å². The van der Waals surface area contributed by atoms with Crippen molar-refractivity contribution < 1.29 is 4.74 Å². The molecule has 0 spiro atoms. The van der Waals surface area contributed by atoms with E-state index >= 15 is 0 Å². The largest absolute Gasteiger partial charge is 0.381 e. The van der Waals surface area contributed by atoms with Gasteiger partial charge in [0.15, 0.2) is 0 Å². The quantitative estimate of drug-likeness (QED) is 0.209. The molecule has 0 saturated carbocycles. The highest BCUT2D eigenvalue weighted by Crippen LogP contribution is 2.46. The van der Waals surface area contributed by atoms with E-state index < -0.39 is 0 Å². The molecular formula is C20H18OS5. The van der Waals surface area contributed by atoms with Crippen LogP contribution in [-0.4, -0.2) is 13.2 Å². The number of aryl methyl sites for hydroxylation is 1. The van der Waals surface area contributed by atoms with Crippen molar-refractivity contribution in [3.8, 4) is 0 Å². The molecular weight excluding hydrogens is 417 g/mol. The molecule has 6 heteroatoms. The van der Waals surface area contributed by atoms with Gasteiger partial charge in [-0.1, -0.05) is 6.92 Å². The summed E-state index contributed by atoms with van der Waals surface area (Å²) >= 11 is 12.1. The fourth-order valence-electron chi connectivity index (χ4n) is 3.35. The van der Waals surface area contributed by atoms with E-state index in [1.54, 1.807) is 11.3 Å². The van der Waals surface area contributed by atoms with E-state index in [9.17, 15) is 0 Å². The van der Waals surface area contributed by atoms with Crippen molar-refractivity contribution in [2.45, 2.75) is 30.4 Å². The van der Waals surface area contributed by atoms with Crippen LogP contribution < -0.4 is 0 Å². The van der Waals surface area contributed by atoms with Gasteiger partial charge in [0.1, 0.15) is 0 Å². The van der Waals surface area contributed by atoms with Gasteiger partial charge in [-0.2, -0.15) is 0 Å². The molecule has 1 aromatic carbocycles.